The summed E-state index contributed by atoms with van der Waals surface area (Å²) < 4.78 is 0. The first-order chi connectivity index (χ1) is 10.8. The van der Waals surface area contributed by atoms with Crippen molar-refractivity contribution in [2.24, 2.45) is 0 Å². The van der Waals surface area contributed by atoms with Gasteiger partial charge in [0.25, 0.3) is 0 Å². The van der Waals surface area contributed by atoms with Gasteiger partial charge in [0, 0.05) is 45.0 Å². The van der Waals surface area contributed by atoms with Gasteiger partial charge in [0.15, 0.2) is 0 Å². The maximum absolute atomic E-state index is 12.1. The van der Waals surface area contributed by atoms with Gasteiger partial charge in [0.2, 0.25) is 5.91 Å². The molecular weight excluding hydrogens is 349 g/mol. The minimum atomic E-state index is 0. The summed E-state index contributed by atoms with van der Waals surface area (Å²) in [5.41, 5.74) is 0. The van der Waals surface area contributed by atoms with Crippen molar-refractivity contribution in [3.05, 3.63) is 24.4 Å². The van der Waals surface area contributed by atoms with E-state index in [1.54, 1.807) is 0 Å². The van der Waals surface area contributed by atoms with Gasteiger partial charge in [-0.2, -0.15) is 0 Å². The molecule has 1 amide bonds. The topological polar surface area (TPSA) is 60.5 Å². The van der Waals surface area contributed by atoms with Crippen molar-refractivity contribution < 1.29 is 4.79 Å². The van der Waals surface area contributed by atoms with Gasteiger partial charge in [-0.05, 0) is 31.5 Å². The van der Waals surface area contributed by atoms with E-state index in [0.717, 1.165) is 57.9 Å². The smallest absolute Gasteiger partial charge is 0.234 e. The van der Waals surface area contributed by atoms with Gasteiger partial charge in [-0.3, -0.25) is 9.69 Å². The van der Waals surface area contributed by atoms with Crippen LogP contribution in [-0.4, -0.2) is 67.6 Å². The standard InChI is InChI=1S/C16H25N5O.2ClH/c22-16(19-14-4-3-6-17-12-14)13-20-8-10-21(11-9-20)15-5-1-2-7-18-15;;/h1-2,5,7,14,17H,3-4,6,8-13H2,(H,19,22);2*1H. The lowest BCUT2D eigenvalue weighted by Crippen LogP contribution is -2.52. The Morgan fingerprint density at radius 2 is 2.04 bits per heavy atom. The number of amides is 1. The molecule has 2 aliphatic heterocycles. The molecule has 1 unspecified atom stereocenters. The predicted octanol–water partition coefficient (Wildman–Crippen LogP) is 0.915. The third-order valence-electron chi connectivity index (χ3n) is 4.37. The molecule has 2 saturated heterocycles. The van der Waals surface area contributed by atoms with Gasteiger partial charge in [-0.25, -0.2) is 4.98 Å². The molecule has 0 spiro atoms. The number of aromatic nitrogens is 1. The number of carbonyl (C=O) groups is 1. The van der Waals surface area contributed by atoms with Gasteiger partial charge in [-0.15, -0.1) is 24.8 Å². The minimum Gasteiger partial charge on any atom is -0.354 e. The first kappa shape index (κ1) is 21.0. The molecule has 0 saturated carbocycles. The molecule has 0 aliphatic carbocycles. The number of pyridine rings is 1. The number of anilines is 1. The molecule has 3 rings (SSSR count). The van der Waals surface area contributed by atoms with Crippen molar-refractivity contribution in [3.8, 4) is 0 Å². The molecule has 0 bridgehead atoms. The van der Waals surface area contributed by atoms with Crippen LogP contribution in [0.3, 0.4) is 0 Å². The van der Waals surface area contributed by atoms with Crippen LogP contribution in [-0.2, 0) is 4.79 Å². The van der Waals surface area contributed by atoms with E-state index in [-0.39, 0.29) is 30.7 Å². The molecule has 6 nitrogen and oxygen atoms in total. The third-order valence-corrected chi connectivity index (χ3v) is 4.37. The average molecular weight is 376 g/mol. The Hall–Kier alpha value is -1.08. The minimum absolute atomic E-state index is 0. The molecule has 2 N–H and O–H groups in total. The van der Waals surface area contributed by atoms with Crippen LogP contribution in [0.25, 0.3) is 0 Å². The maximum Gasteiger partial charge on any atom is 0.234 e. The van der Waals surface area contributed by atoms with Gasteiger partial charge < -0.3 is 15.5 Å². The molecule has 0 radical (unpaired) electrons. The fraction of sp³-hybridized carbons (Fsp3) is 0.625. The van der Waals surface area contributed by atoms with Gasteiger partial charge >= 0.3 is 0 Å². The zero-order valence-corrected chi connectivity index (χ0v) is 15.5. The number of nitrogens with one attached hydrogen (secondary N) is 2. The van der Waals surface area contributed by atoms with Crippen LogP contribution in [0.4, 0.5) is 5.82 Å². The maximum atomic E-state index is 12.1. The van der Waals surface area contributed by atoms with E-state index < -0.39 is 0 Å². The zero-order valence-electron chi connectivity index (χ0n) is 13.8. The van der Waals surface area contributed by atoms with E-state index in [9.17, 15) is 4.79 Å². The van der Waals surface area contributed by atoms with Gasteiger partial charge in [0.1, 0.15) is 5.82 Å². The summed E-state index contributed by atoms with van der Waals surface area (Å²) in [7, 11) is 0. The highest BCUT2D eigenvalue weighted by molar-refractivity contribution is 5.85. The number of piperazine rings is 1. The lowest BCUT2D eigenvalue weighted by atomic mass is 10.1. The fourth-order valence-electron chi connectivity index (χ4n) is 3.13. The van der Waals surface area contributed by atoms with E-state index in [1.165, 1.54) is 0 Å². The van der Waals surface area contributed by atoms with E-state index in [1.807, 2.05) is 24.4 Å². The predicted molar refractivity (Wildman–Crippen MR) is 101 cm³/mol. The van der Waals surface area contributed by atoms with Gasteiger partial charge in [-0.1, -0.05) is 6.07 Å². The van der Waals surface area contributed by atoms with Crippen LogP contribution in [0.15, 0.2) is 24.4 Å². The summed E-state index contributed by atoms with van der Waals surface area (Å²) in [6.45, 7) is 6.15. The van der Waals surface area contributed by atoms with E-state index in [4.69, 9.17) is 0 Å². The van der Waals surface area contributed by atoms with Crippen LogP contribution in [0.2, 0.25) is 0 Å². The average Bonchev–Trinajstić information content (AvgIpc) is 2.57. The summed E-state index contributed by atoms with van der Waals surface area (Å²) in [5.74, 6) is 1.18. The molecular formula is C16H27Cl2N5O. The Morgan fingerprint density at radius 3 is 2.67 bits per heavy atom. The van der Waals surface area contributed by atoms with E-state index in [0.29, 0.717) is 12.6 Å². The SMILES string of the molecule is Cl.Cl.O=C(CN1CCN(c2ccccn2)CC1)NC1CCCNC1. The molecule has 1 aromatic heterocycles. The second-order valence-electron chi connectivity index (χ2n) is 6.06. The zero-order chi connectivity index (χ0) is 15.2. The highest BCUT2D eigenvalue weighted by atomic mass is 35.5. The molecule has 0 aromatic carbocycles. The number of hydrogen-bond acceptors (Lipinski definition) is 5. The van der Waals surface area contributed by atoms with E-state index >= 15 is 0 Å². The monoisotopic (exact) mass is 375 g/mol. The van der Waals surface area contributed by atoms with Crippen molar-refractivity contribution >= 4 is 36.5 Å². The second kappa shape index (κ2) is 10.7. The molecule has 1 aromatic rings. The van der Waals surface area contributed by atoms with Crippen LogP contribution < -0.4 is 15.5 Å². The molecule has 136 valence electrons. The summed E-state index contributed by atoms with van der Waals surface area (Å²) in [4.78, 5) is 21.0. The van der Waals surface area contributed by atoms with Crippen LogP contribution in [0.5, 0.6) is 0 Å². The quantitative estimate of drug-likeness (QED) is 0.818. The van der Waals surface area contributed by atoms with Gasteiger partial charge in [0.05, 0.1) is 6.54 Å². The first-order valence-electron chi connectivity index (χ1n) is 8.20. The van der Waals surface area contributed by atoms with Crippen molar-refractivity contribution in [2.75, 3.05) is 50.7 Å². The highest BCUT2D eigenvalue weighted by Gasteiger charge is 2.21. The normalized spacial score (nSPS) is 21.3. The molecule has 1 atom stereocenters. The van der Waals surface area contributed by atoms with Crippen LogP contribution in [0.1, 0.15) is 12.8 Å². The number of rotatable bonds is 4. The Balaban J connectivity index is 0.00000144. The number of hydrogen-bond donors (Lipinski definition) is 2. The lowest BCUT2D eigenvalue weighted by Gasteiger charge is -2.35. The largest absolute Gasteiger partial charge is 0.354 e. The molecule has 8 heteroatoms. The third kappa shape index (κ3) is 6.09. The number of piperidine rings is 1. The Kier molecular flexibility index (Phi) is 9.36. The van der Waals surface area contributed by atoms with Crippen LogP contribution in [0, 0.1) is 0 Å². The van der Waals surface area contributed by atoms with Crippen LogP contribution >= 0.6 is 24.8 Å². The summed E-state index contributed by atoms with van der Waals surface area (Å²) >= 11 is 0. The molecule has 24 heavy (non-hydrogen) atoms. The molecule has 3 heterocycles. The summed E-state index contributed by atoms with van der Waals surface area (Å²) in [6.07, 6.45) is 4.06. The lowest BCUT2D eigenvalue weighted by molar-refractivity contribution is -0.123. The molecule has 2 aliphatic rings. The Morgan fingerprint density at radius 1 is 1.25 bits per heavy atom. The van der Waals surface area contributed by atoms with E-state index in [2.05, 4.69) is 25.4 Å². The summed E-state index contributed by atoms with van der Waals surface area (Å²) in [6, 6.07) is 6.29. The Bertz CT molecular complexity index is 477. The first-order valence-corrected chi connectivity index (χ1v) is 8.20. The number of halogens is 2. The molecule has 2 fully saturated rings. The highest BCUT2D eigenvalue weighted by Crippen LogP contribution is 2.12. The van der Waals surface area contributed by atoms with Crippen molar-refractivity contribution in [1.82, 2.24) is 20.5 Å². The summed E-state index contributed by atoms with van der Waals surface area (Å²) in [5, 5.41) is 6.47. The fourth-order valence-corrected chi connectivity index (χ4v) is 3.13. The van der Waals surface area contributed by atoms with Crippen molar-refractivity contribution in [1.29, 1.82) is 0 Å². The van der Waals surface area contributed by atoms with Crippen molar-refractivity contribution in [2.45, 2.75) is 18.9 Å². The Labute approximate surface area is 156 Å². The van der Waals surface area contributed by atoms with Crippen molar-refractivity contribution in [3.63, 3.8) is 0 Å². The number of nitrogens with zero attached hydrogens (tertiary/aromatic N) is 3. The second-order valence-corrected chi connectivity index (χ2v) is 6.06. The number of carbonyl (C=O) groups excluding carboxylic acids is 1.